The first kappa shape index (κ1) is 12.3. The van der Waals surface area contributed by atoms with Gasteiger partial charge in [0.15, 0.2) is 0 Å². The van der Waals surface area contributed by atoms with Crippen LogP contribution in [0.4, 0.5) is 0 Å². The van der Waals surface area contributed by atoms with Crippen LogP contribution in [-0.4, -0.2) is 9.78 Å². The highest BCUT2D eigenvalue weighted by molar-refractivity contribution is 5.21. The van der Waals surface area contributed by atoms with E-state index in [-0.39, 0.29) is 0 Å². The van der Waals surface area contributed by atoms with E-state index in [0.717, 1.165) is 11.4 Å². The molecular weight excluding hydrogens is 236 g/mol. The smallest absolute Gasteiger partial charge is 0.132 e. The van der Waals surface area contributed by atoms with Crippen molar-refractivity contribution in [1.29, 1.82) is 0 Å². The summed E-state index contributed by atoms with van der Waals surface area (Å²) in [5.74, 6) is 0.898. The summed E-state index contributed by atoms with van der Waals surface area (Å²) >= 11 is 0. The zero-order chi connectivity index (χ0) is 12.9. The predicted octanol–water partition coefficient (Wildman–Crippen LogP) is 3.97. The monoisotopic (exact) mass is 256 g/mol. The second-order valence-electron chi connectivity index (χ2n) is 5.18. The van der Waals surface area contributed by atoms with Gasteiger partial charge in [-0.2, -0.15) is 5.10 Å². The van der Waals surface area contributed by atoms with Crippen molar-refractivity contribution in [2.24, 2.45) is 0 Å². The number of hydrogen-bond acceptors (Lipinski definition) is 2. The third kappa shape index (κ3) is 3.16. The van der Waals surface area contributed by atoms with Crippen LogP contribution in [0.3, 0.4) is 0 Å². The number of benzene rings is 1. The topological polar surface area (TPSA) is 27.1 Å². The molecule has 100 valence electrons. The van der Waals surface area contributed by atoms with Crippen LogP contribution in [0.1, 0.15) is 43.8 Å². The molecule has 1 aliphatic rings. The SMILES string of the molecule is c1ccc(OCc2ccn(C3CCCCC3)n2)cc1. The standard InChI is InChI=1S/C16H20N2O/c1-3-7-15(8-4-1)18-12-11-14(17-18)13-19-16-9-5-2-6-10-16/h2,5-6,9-12,15H,1,3-4,7-8,13H2. The van der Waals surface area contributed by atoms with Gasteiger partial charge in [0.05, 0.1) is 11.7 Å². The Morgan fingerprint density at radius 3 is 2.63 bits per heavy atom. The summed E-state index contributed by atoms with van der Waals surface area (Å²) in [5.41, 5.74) is 1.01. The Labute approximate surface area is 114 Å². The summed E-state index contributed by atoms with van der Waals surface area (Å²) in [5, 5.41) is 4.64. The van der Waals surface area contributed by atoms with Crippen molar-refractivity contribution in [3.63, 3.8) is 0 Å². The number of aromatic nitrogens is 2. The lowest BCUT2D eigenvalue weighted by atomic mass is 9.96. The largest absolute Gasteiger partial charge is 0.487 e. The molecule has 0 unspecified atom stereocenters. The molecule has 0 radical (unpaired) electrons. The molecule has 0 atom stereocenters. The second kappa shape index (κ2) is 5.91. The number of hydrogen-bond donors (Lipinski definition) is 0. The van der Waals surface area contributed by atoms with Crippen LogP contribution in [0.15, 0.2) is 42.6 Å². The first-order chi connectivity index (χ1) is 9.42. The van der Waals surface area contributed by atoms with Gasteiger partial charge in [0.25, 0.3) is 0 Å². The quantitative estimate of drug-likeness (QED) is 0.827. The normalized spacial score (nSPS) is 16.4. The van der Waals surface area contributed by atoms with Gasteiger partial charge in [-0.3, -0.25) is 4.68 Å². The van der Waals surface area contributed by atoms with E-state index in [1.165, 1.54) is 32.1 Å². The van der Waals surface area contributed by atoms with E-state index in [2.05, 4.69) is 22.0 Å². The first-order valence-electron chi connectivity index (χ1n) is 7.14. The minimum absolute atomic E-state index is 0.545. The Morgan fingerprint density at radius 2 is 1.84 bits per heavy atom. The van der Waals surface area contributed by atoms with Crippen LogP contribution in [-0.2, 0) is 6.61 Å². The van der Waals surface area contributed by atoms with Crippen molar-refractivity contribution in [2.45, 2.75) is 44.8 Å². The zero-order valence-electron chi connectivity index (χ0n) is 11.2. The highest BCUT2D eigenvalue weighted by Crippen LogP contribution is 2.27. The molecular formula is C16H20N2O. The fourth-order valence-corrected chi connectivity index (χ4v) is 2.68. The van der Waals surface area contributed by atoms with Crippen LogP contribution in [0, 0.1) is 0 Å². The van der Waals surface area contributed by atoms with Crippen LogP contribution in [0.25, 0.3) is 0 Å². The van der Waals surface area contributed by atoms with Gasteiger partial charge in [-0.1, -0.05) is 37.5 Å². The number of para-hydroxylation sites is 1. The average molecular weight is 256 g/mol. The molecule has 2 aromatic rings. The Bertz CT molecular complexity index is 500. The average Bonchev–Trinajstić information content (AvgIpc) is 2.96. The van der Waals surface area contributed by atoms with Crippen molar-refractivity contribution in [2.75, 3.05) is 0 Å². The van der Waals surface area contributed by atoms with Gasteiger partial charge in [0, 0.05) is 6.20 Å². The Balaban J connectivity index is 1.58. The maximum atomic E-state index is 5.72. The summed E-state index contributed by atoms with van der Waals surface area (Å²) in [6, 6.07) is 12.6. The molecule has 1 aromatic carbocycles. The molecule has 0 amide bonds. The van der Waals surface area contributed by atoms with Gasteiger partial charge in [-0.15, -0.1) is 0 Å². The summed E-state index contributed by atoms with van der Waals surface area (Å²) < 4.78 is 7.84. The van der Waals surface area contributed by atoms with Crippen molar-refractivity contribution in [3.05, 3.63) is 48.3 Å². The van der Waals surface area contributed by atoms with Crippen molar-refractivity contribution in [3.8, 4) is 5.75 Å². The molecule has 0 saturated heterocycles. The van der Waals surface area contributed by atoms with E-state index in [4.69, 9.17) is 4.74 Å². The highest BCUT2D eigenvalue weighted by Gasteiger charge is 2.15. The zero-order valence-corrected chi connectivity index (χ0v) is 11.2. The molecule has 3 nitrogen and oxygen atoms in total. The lowest BCUT2D eigenvalue weighted by Crippen LogP contribution is -2.13. The maximum Gasteiger partial charge on any atom is 0.132 e. The molecule has 3 heteroatoms. The lowest BCUT2D eigenvalue weighted by molar-refractivity contribution is 0.291. The molecule has 19 heavy (non-hydrogen) atoms. The van der Waals surface area contributed by atoms with Crippen LogP contribution < -0.4 is 4.74 Å². The summed E-state index contributed by atoms with van der Waals surface area (Å²) in [4.78, 5) is 0. The Kier molecular flexibility index (Phi) is 3.82. The summed E-state index contributed by atoms with van der Waals surface area (Å²) in [7, 11) is 0. The predicted molar refractivity (Wildman–Crippen MR) is 75.1 cm³/mol. The highest BCUT2D eigenvalue weighted by atomic mass is 16.5. The van der Waals surface area contributed by atoms with Gasteiger partial charge in [0.2, 0.25) is 0 Å². The molecule has 1 heterocycles. The van der Waals surface area contributed by atoms with E-state index in [1.54, 1.807) is 0 Å². The fraction of sp³-hybridized carbons (Fsp3) is 0.438. The molecule has 1 saturated carbocycles. The molecule has 0 bridgehead atoms. The summed E-state index contributed by atoms with van der Waals surface area (Å²) in [6.07, 6.45) is 8.67. The molecule has 0 aliphatic heterocycles. The van der Waals surface area contributed by atoms with Crippen molar-refractivity contribution >= 4 is 0 Å². The molecule has 0 N–H and O–H groups in total. The van der Waals surface area contributed by atoms with Gasteiger partial charge in [-0.05, 0) is 31.0 Å². The van der Waals surface area contributed by atoms with E-state index >= 15 is 0 Å². The van der Waals surface area contributed by atoms with Crippen molar-refractivity contribution in [1.82, 2.24) is 9.78 Å². The minimum atomic E-state index is 0.545. The third-order valence-corrected chi connectivity index (χ3v) is 3.74. The summed E-state index contributed by atoms with van der Waals surface area (Å²) in [6.45, 7) is 0.545. The van der Waals surface area contributed by atoms with E-state index < -0.39 is 0 Å². The van der Waals surface area contributed by atoms with E-state index in [9.17, 15) is 0 Å². The molecule has 0 spiro atoms. The number of ether oxygens (including phenoxy) is 1. The van der Waals surface area contributed by atoms with Gasteiger partial charge in [-0.25, -0.2) is 0 Å². The maximum absolute atomic E-state index is 5.72. The number of rotatable bonds is 4. The molecule has 3 rings (SSSR count). The van der Waals surface area contributed by atoms with Crippen molar-refractivity contribution < 1.29 is 4.74 Å². The van der Waals surface area contributed by atoms with Crippen LogP contribution >= 0.6 is 0 Å². The lowest BCUT2D eigenvalue weighted by Gasteiger charge is -2.21. The molecule has 1 fully saturated rings. The van der Waals surface area contributed by atoms with Gasteiger partial charge >= 0.3 is 0 Å². The third-order valence-electron chi connectivity index (χ3n) is 3.74. The van der Waals surface area contributed by atoms with Gasteiger partial charge < -0.3 is 4.74 Å². The first-order valence-corrected chi connectivity index (χ1v) is 7.14. The molecule has 1 aliphatic carbocycles. The van der Waals surface area contributed by atoms with Crippen LogP contribution in [0.2, 0.25) is 0 Å². The van der Waals surface area contributed by atoms with Gasteiger partial charge in [0.1, 0.15) is 12.4 Å². The van der Waals surface area contributed by atoms with E-state index in [1.807, 2.05) is 30.3 Å². The second-order valence-corrected chi connectivity index (χ2v) is 5.18. The fourth-order valence-electron chi connectivity index (χ4n) is 2.68. The van der Waals surface area contributed by atoms with Crippen LogP contribution in [0.5, 0.6) is 5.75 Å². The van der Waals surface area contributed by atoms with E-state index in [0.29, 0.717) is 12.6 Å². The minimum Gasteiger partial charge on any atom is -0.487 e. The Hall–Kier alpha value is -1.77. The Morgan fingerprint density at radius 1 is 1.05 bits per heavy atom. The molecule has 1 aromatic heterocycles. The number of nitrogens with zero attached hydrogens (tertiary/aromatic N) is 2.